The number of nitrogens with zero attached hydrogens (tertiary/aromatic N) is 2. The van der Waals surface area contributed by atoms with E-state index in [0.717, 1.165) is 30.8 Å². The van der Waals surface area contributed by atoms with Crippen LogP contribution in [0, 0.1) is 0 Å². The molecule has 1 amide bonds. The van der Waals surface area contributed by atoms with Gasteiger partial charge >= 0.3 is 5.97 Å². The van der Waals surface area contributed by atoms with E-state index in [2.05, 4.69) is 15.3 Å². The minimum absolute atomic E-state index is 0.0437. The number of benzene rings is 1. The van der Waals surface area contributed by atoms with E-state index in [1.54, 1.807) is 0 Å². The third kappa shape index (κ3) is 5.67. The lowest BCUT2D eigenvalue weighted by molar-refractivity contribution is 0.0689. The first-order valence-electron chi connectivity index (χ1n) is 9.22. The number of amides is 1. The highest BCUT2D eigenvalue weighted by molar-refractivity contribution is 5.93. The average molecular weight is 387 g/mol. The largest absolute Gasteiger partial charge is 0.490 e. The Balaban J connectivity index is 2.12. The molecule has 1 unspecified atom stereocenters. The molecule has 150 valence electrons. The fraction of sp³-hybridized carbons (Fsp3) is 0.400. The van der Waals surface area contributed by atoms with Crippen LogP contribution in [0.3, 0.4) is 0 Å². The maximum Gasteiger partial charge on any atom is 0.356 e. The molecular weight excluding hydrogens is 362 g/mol. The van der Waals surface area contributed by atoms with Crippen LogP contribution >= 0.6 is 0 Å². The zero-order valence-electron chi connectivity index (χ0n) is 16.3. The lowest BCUT2D eigenvalue weighted by atomic mass is 10.1. The van der Waals surface area contributed by atoms with Gasteiger partial charge in [-0.1, -0.05) is 19.9 Å². The molecule has 1 atom stereocenters. The summed E-state index contributed by atoms with van der Waals surface area (Å²) in [5.41, 5.74) is 0.672. The molecule has 0 saturated carbocycles. The van der Waals surface area contributed by atoms with Crippen LogP contribution in [0.25, 0.3) is 0 Å². The molecule has 0 aliphatic rings. The quantitative estimate of drug-likeness (QED) is 0.644. The number of carbonyl (C=O) groups is 2. The van der Waals surface area contributed by atoms with Crippen molar-refractivity contribution in [3.63, 3.8) is 0 Å². The third-order valence-electron chi connectivity index (χ3n) is 3.84. The molecule has 0 aliphatic heterocycles. The van der Waals surface area contributed by atoms with Gasteiger partial charge in [-0.25, -0.2) is 14.8 Å². The molecule has 2 rings (SSSR count). The summed E-state index contributed by atoms with van der Waals surface area (Å²) >= 11 is 0. The van der Waals surface area contributed by atoms with Crippen LogP contribution in [0.15, 0.2) is 30.6 Å². The van der Waals surface area contributed by atoms with Gasteiger partial charge in [0.1, 0.15) is 5.69 Å². The molecule has 0 aliphatic carbocycles. The summed E-state index contributed by atoms with van der Waals surface area (Å²) < 4.78 is 11.5. The number of aromatic nitrogens is 2. The number of aromatic carboxylic acids is 1. The van der Waals surface area contributed by atoms with Crippen molar-refractivity contribution in [2.24, 2.45) is 0 Å². The number of nitrogens with one attached hydrogen (secondary N) is 1. The van der Waals surface area contributed by atoms with Gasteiger partial charge in [-0.15, -0.1) is 0 Å². The van der Waals surface area contributed by atoms with Crippen molar-refractivity contribution < 1.29 is 24.2 Å². The molecule has 0 fully saturated rings. The highest BCUT2D eigenvalue weighted by atomic mass is 16.5. The summed E-state index contributed by atoms with van der Waals surface area (Å²) in [6.07, 6.45) is 3.96. The van der Waals surface area contributed by atoms with E-state index in [-0.39, 0.29) is 17.4 Å². The van der Waals surface area contributed by atoms with E-state index in [1.807, 2.05) is 39.0 Å². The van der Waals surface area contributed by atoms with Gasteiger partial charge in [0, 0.05) is 0 Å². The Labute approximate surface area is 163 Å². The zero-order valence-corrected chi connectivity index (χ0v) is 16.3. The first-order valence-corrected chi connectivity index (χ1v) is 9.22. The second kappa shape index (κ2) is 10.2. The number of carboxylic acid groups (broad SMARTS) is 1. The molecule has 28 heavy (non-hydrogen) atoms. The van der Waals surface area contributed by atoms with E-state index in [1.165, 1.54) is 0 Å². The van der Waals surface area contributed by atoms with E-state index in [4.69, 9.17) is 14.6 Å². The summed E-state index contributed by atoms with van der Waals surface area (Å²) in [5.74, 6) is -0.329. The molecule has 2 N–H and O–H groups in total. The van der Waals surface area contributed by atoms with Crippen molar-refractivity contribution in [2.45, 2.75) is 39.7 Å². The Hall–Kier alpha value is -3.16. The normalized spacial score (nSPS) is 11.5. The SMILES string of the molecule is CCCOc1ccc(C(C)NC(=O)c2cnc(C(=O)O)cn2)cc1OCCC. The number of carbonyl (C=O) groups excluding carboxylic acids is 1. The number of hydrogen-bond acceptors (Lipinski definition) is 6. The summed E-state index contributed by atoms with van der Waals surface area (Å²) in [5, 5.41) is 11.7. The highest BCUT2D eigenvalue weighted by Gasteiger charge is 2.16. The third-order valence-corrected chi connectivity index (χ3v) is 3.84. The molecule has 0 radical (unpaired) electrons. The fourth-order valence-corrected chi connectivity index (χ4v) is 2.36. The Morgan fingerprint density at radius 2 is 1.64 bits per heavy atom. The Bertz CT molecular complexity index is 808. The van der Waals surface area contributed by atoms with E-state index in [0.29, 0.717) is 24.7 Å². The second-order valence-electron chi connectivity index (χ2n) is 6.19. The van der Waals surface area contributed by atoms with Gasteiger partial charge in [-0.2, -0.15) is 0 Å². The molecule has 8 heteroatoms. The second-order valence-corrected chi connectivity index (χ2v) is 6.19. The molecule has 8 nitrogen and oxygen atoms in total. The van der Waals surface area contributed by atoms with Crippen LogP contribution in [0.1, 0.15) is 66.2 Å². The van der Waals surface area contributed by atoms with Gasteiger partial charge in [0.15, 0.2) is 17.2 Å². The predicted molar refractivity (Wildman–Crippen MR) is 103 cm³/mol. The standard InChI is InChI=1S/C20H25N3O5/c1-4-8-27-17-7-6-14(10-18(17)28-9-5-2)13(3)23-19(24)15-11-22-16(12-21-15)20(25)26/h6-7,10-13H,4-5,8-9H2,1-3H3,(H,23,24)(H,25,26). The van der Waals surface area contributed by atoms with Crippen molar-refractivity contribution in [1.82, 2.24) is 15.3 Å². The Morgan fingerprint density at radius 3 is 2.21 bits per heavy atom. The van der Waals surface area contributed by atoms with Crippen LogP contribution in [0.4, 0.5) is 0 Å². The van der Waals surface area contributed by atoms with Crippen molar-refractivity contribution in [2.75, 3.05) is 13.2 Å². The first-order chi connectivity index (χ1) is 13.5. The monoisotopic (exact) mass is 387 g/mol. The first kappa shape index (κ1) is 21.1. The number of hydrogen-bond donors (Lipinski definition) is 2. The topological polar surface area (TPSA) is 111 Å². The maximum absolute atomic E-state index is 12.4. The average Bonchev–Trinajstić information content (AvgIpc) is 2.70. The van der Waals surface area contributed by atoms with Crippen molar-refractivity contribution in [3.05, 3.63) is 47.5 Å². The lowest BCUT2D eigenvalue weighted by Gasteiger charge is -2.18. The van der Waals surface area contributed by atoms with Crippen LogP contribution < -0.4 is 14.8 Å². The summed E-state index contributed by atoms with van der Waals surface area (Å²) in [6, 6.07) is 5.23. The van der Waals surface area contributed by atoms with Gasteiger partial charge in [-0.3, -0.25) is 4.79 Å². The lowest BCUT2D eigenvalue weighted by Crippen LogP contribution is -2.27. The van der Waals surface area contributed by atoms with E-state index in [9.17, 15) is 9.59 Å². The maximum atomic E-state index is 12.4. The van der Waals surface area contributed by atoms with Gasteiger partial charge < -0.3 is 19.9 Å². The van der Waals surface area contributed by atoms with Gasteiger partial charge in [0.25, 0.3) is 5.91 Å². The van der Waals surface area contributed by atoms with Crippen LogP contribution in [0.5, 0.6) is 11.5 Å². The number of rotatable bonds is 10. The zero-order chi connectivity index (χ0) is 20.5. The molecule has 1 aromatic carbocycles. The minimum Gasteiger partial charge on any atom is -0.490 e. The smallest absolute Gasteiger partial charge is 0.356 e. The van der Waals surface area contributed by atoms with Gasteiger partial charge in [-0.05, 0) is 37.5 Å². The Kier molecular flexibility index (Phi) is 7.74. The molecule has 1 heterocycles. The molecule has 0 spiro atoms. The van der Waals surface area contributed by atoms with Crippen LogP contribution in [-0.2, 0) is 0 Å². The van der Waals surface area contributed by atoms with Crippen molar-refractivity contribution in [1.29, 1.82) is 0 Å². The number of ether oxygens (including phenoxy) is 2. The van der Waals surface area contributed by atoms with Crippen LogP contribution in [0.2, 0.25) is 0 Å². The minimum atomic E-state index is -1.20. The summed E-state index contributed by atoms with van der Waals surface area (Å²) in [7, 11) is 0. The Morgan fingerprint density at radius 1 is 1.04 bits per heavy atom. The number of carboxylic acids is 1. The molecule has 0 saturated heterocycles. The summed E-state index contributed by atoms with van der Waals surface area (Å²) in [6.45, 7) is 7.06. The molecule has 2 aromatic rings. The van der Waals surface area contributed by atoms with E-state index < -0.39 is 11.9 Å². The molecular formula is C20H25N3O5. The summed E-state index contributed by atoms with van der Waals surface area (Å²) in [4.78, 5) is 30.7. The highest BCUT2D eigenvalue weighted by Crippen LogP contribution is 2.31. The molecule has 1 aromatic heterocycles. The van der Waals surface area contributed by atoms with Gasteiger partial charge in [0.05, 0.1) is 31.6 Å². The van der Waals surface area contributed by atoms with Crippen molar-refractivity contribution in [3.8, 4) is 11.5 Å². The predicted octanol–water partition coefficient (Wildman–Crippen LogP) is 3.24. The van der Waals surface area contributed by atoms with Crippen LogP contribution in [-0.4, -0.2) is 40.2 Å². The molecule has 0 bridgehead atoms. The van der Waals surface area contributed by atoms with Crippen molar-refractivity contribution >= 4 is 11.9 Å². The van der Waals surface area contributed by atoms with Gasteiger partial charge in [0.2, 0.25) is 0 Å². The van der Waals surface area contributed by atoms with E-state index >= 15 is 0 Å². The fourth-order valence-electron chi connectivity index (χ4n) is 2.36.